The number of anilines is 1. The van der Waals surface area contributed by atoms with E-state index >= 15 is 0 Å². The quantitative estimate of drug-likeness (QED) is 0.583. The number of hydrogen-bond donors (Lipinski definition) is 1. The van der Waals surface area contributed by atoms with Gasteiger partial charge in [-0.25, -0.2) is 4.79 Å². The summed E-state index contributed by atoms with van der Waals surface area (Å²) in [6.07, 6.45) is 2.71. The van der Waals surface area contributed by atoms with Gasteiger partial charge >= 0.3 is 6.03 Å². The minimum Gasteiger partial charge on any atom is -0.497 e. The lowest BCUT2D eigenvalue weighted by atomic mass is 10.1. The van der Waals surface area contributed by atoms with Crippen LogP contribution in [0.2, 0.25) is 0 Å². The van der Waals surface area contributed by atoms with Crippen molar-refractivity contribution in [1.29, 1.82) is 0 Å². The second-order valence-electron chi connectivity index (χ2n) is 9.85. The number of nitrogens with zero attached hydrogens (tertiary/aromatic N) is 5. The van der Waals surface area contributed by atoms with E-state index in [9.17, 15) is 9.59 Å². The molecule has 0 spiro atoms. The van der Waals surface area contributed by atoms with E-state index in [0.717, 1.165) is 48.6 Å². The average molecular weight is 511 g/mol. The second-order valence-corrected chi connectivity index (χ2v) is 9.85. The molecule has 1 aromatic carbocycles. The third-order valence-corrected chi connectivity index (χ3v) is 6.68. The molecule has 2 aromatic rings. The van der Waals surface area contributed by atoms with Crippen molar-refractivity contribution in [2.75, 3.05) is 57.9 Å². The van der Waals surface area contributed by atoms with E-state index in [1.54, 1.807) is 12.0 Å². The molecule has 37 heavy (non-hydrogen) atoms. The van der Waals surface area contributed by atoms with Crippen LogP contribution in [0, 0.1) is 0 Å². The molecule has 10 heteroatoms. The Hall–Kier alpha value is -3.40. The zero-order valence-corrected chi connectivity index (χ0v) is 22.1. The molecule has 1 atom stereocenters. The van der Waals surface area contributed by atoms with Crippen LogP contribution in [-0.2, 0) is 9.53 Å². The zero-order chi connectivity index (χ0) is 26.2. The highest BCUT2D eigenvalue weighted by Crippen LogP contribution is 2.22. The van der Waals surface area contributed by atoms with Crippen molar-refractivity contribution < 1.29 is 19.1 Å². The number of nitrogens with one attached hydrogen (secondary N) is 1. The molecule has 0 bridgehead atoms. The van der Waals surface area contributed by atoms with E-state index in [-0.39, 0.29) is 30.6 Å². The van der Waals surface area contributed by atoms with Gasteiger partial charge in [0.15, 0.2) is 5.82 Å². The Labute approximate surface area is 218 Å². The molecule has 0 unspecified atom stereocenters. The van der Waals surface area contributed by atoms with Crippen LogP contribution in [0.1, 0.15) is 33.1 Å². The maximum atomic E-state index is 13.2. The van der Waals surface area contributed by atoms with Gasteiger partial charge in [-0.05, 0) is 69.5 Å². The summed E-state index contributed by atoms with van der Waals surface area (Å²) in [5.41, 5.74) is 1.77. The minimum atomic E-state index is -0.220. The van der Waals surface area contributed by atoms with E-state index in [4.69, 9.17) is 9.47 Å². The van der Waals surface area contributed by atoms with Crippen molar-refractivity contribution in [1.82, 2.24) is 25.3 Å². The Morgan fingerprint density at radius 2 is 1.89 bits per heavy atom. The Bertz CT molecular complexity index is 1020. The van der Waals surface area contributed by atoms with Crippen molar-refractivity contribution in [2.45, 2.75) is 45.3 Å². The molecular formula is C27H38N6O4. The summed E-state index contributed by atoms with van der Waals surface area (Å²) in [7, 11) is 1.64. The van der Waals surface area contributed by atoms with E-state index in [0.29, 0.717) is 32.8 Å². The normalized spacial score (nSPS) is 18.0. The third kappa shape index (κ3) is 7.31. The monoisotopic (exact) mass is 510 g/mol. The molecule has 3 amide bonds. The Morgan fingerprint density at radius 3 is 2.54 bits per heavy atom. The molecule has 3 heterocycles. The van der Waals surface area contributed by atoms with Crippen molar-refractivity contribution in [3.63, 3.8) is 0 Å². The number of benzene rings is 1. The van der Waals surface area contributed by atoms with Gasteiger partial charge in [-0.2, -0.15) is 0 Å². The summed E-state index contributed by atoms with van der Waals surface area (Å²) in [5, 5.41) is 11.8. The summed E-state index contributed by atoms with van der Waals surface area (Å²) in [4.78, 5) is 31.6. The summed E-state index contributed by atoms with van der Waals surface area (Å²) in [6, 6.07) is 11.4. The number of aromatic nitrogens is 2. The summed E-state index contributed by atoms with van der Waals surface area (Å²) >= 11 is 0. The molecule has 2 fully saturated rings. The van der Waals surface area contributed by atoms with Crippen LogP contribution in [0.15, 0.2) is 36.4 Å². The van der Waals surface area contributed by atoms with Crippen LogP contribution in [0.4, 0.5) is 10.6 Å². The molecule has 4 rings (SSSR count). The number of rotatable bonds is 8. The van der Waals surface area contributed by atoms with Crippen molar-refractivity contribution in [3.05, 3.63) is 36.4 Å². The summed E-state index contributed by atoms with van der Waals surface area (Å²) in [6.45, 7) is 7.69. The SMILES string of the molecule is COc1ccc(-c2ccc(N3CCCN(C(=O)CN(C[C@H]4CCCO4)C(=O)NC(C)C)CC3)nn2)cc1. The van der Waals surface area contributed by atoms with Crippen LogP contribution in [-0.4, -0.2) is 97.1 Å². The first kappa shape index (κ1) is 26.7. The average Bonchev–Trinajstić information content (AvgIpc) is 3.29. The van der Waals surface area contributed by atoms with Gasteiger partial charge in [0.1, 0.15) is 12.3 Å². The highest BCUT2D eigenvalue weighted by molar-refractivity contribution is 5.84. The van der Waals surface area contributed by atoms with Crippen LogP contribution in [0.3, 0.4) is 0 Å². The zero-order valence-electron chi connectivity index (χ0n) is 22.1. The number of urea groups is 1. The van der Waals surface area contributed by atoms with E-state index < -0.39 is 0 Å². The molecule has 1 aromatic heterocycles. The lowest BCUT2D eigenvalue weighted by molar-refractivity contribution is -0.131. The molecule has 200 valence electrons. The fourth-order valence-corrected chi connectivity index (χ4v) is 4.66. The van der Waals surface area contributed by atoms with Crippen molar-refractivity contribution >= 4 is 17.8 Å². The Kier molecular flexibility index (Phi) is 9.16. The predicted octanol–water partition coefficient (Wildman–Crippen LogP) is 2.79. The van der Waals surface area contributed by atoms with Gasteiger partial charge in [0, 0.05) is 50.9 Å². The van der Waals surface area contributed by atoms with Crippen LogP contribution < -0.4 is 15.0 Å². The van der Waals surface area contributed by atoms with Gasteiger partial charge in [-0.3, -0.25) is 4.79 Å². The molecule has 0 aliphatic carbocycles. The maximum Gasteiger partial charge on any atom is 0.318 e. The van der Waals surface area contributed by atoms with Crippen LogP contribution in [0.25, 0.3) is 11.3 Å². The highest BCUT2D eigenvalue weighted by Gasteiger charge is 2.27. The smallest absolute Gasteiger partial charge is 0.318 e. The van der Waals surface area contributed by atoms with Gasteiger partial charge < -0.3 is 29.5 Å². The lowest BCUT2D eigenvalue weighted by Crippen LogP contribution is -2.51. The number of carbonyl (C=O) groups is 2. The lowest BCUT2D eigenvalue weighted by Gasteiger charge is -2.29. The number of hydrogen-bond acceptors (Lipinski definition) is 7. The molecule has 2 aliphatic rings. The molecule has 0 radical (unpaired) electrons. The van der Waals surface area contributed by atoms with Gasteiger partial charge in [0.2, 0.25) is 5.91 Å². The highest BCUT2D eigenvalue weighted by atomic mass is 16.5. The van der Waals surface area contributed by atoms with Crippen molar-refractivity contribution in [2.24, 2.45) is 0 Å². The largest absolute Gasteiger partial charge is 0.497 e. The van der Waals surface area contributed by atoms with Gasteiger partial charge in [0.05, 0.1) is 18.9 Å². The Balaban J connectivity index is 1.34. The summed E-state index contributed by atoms with van der Waals surface area (Å²) < 4.78 is 10.9. The molecule has 1 N–H and O–H groups in total. The first-order valence-corrected chi connectivity index (χ1v) is 13.1. The molecule has 0 saturated carbocycles. The van der Waals surface area contributed by atoms with Gasteiger partial charge in [-0.1, -0.05) is 0 Å². The second kappa shape index (κ2) is 12.7. The molecule has 2 saturated heterocycles. The standard InChI is InChI=1S/C27H38N6O4/c1-20(2)28-27(35)33(18-23-6-4-17-37-23)19-26(34)32-14-5-13-31(15-16-32)25-12-11-24(29-30-25)21-7-9-22(36-3)10-8-21/h7-12,20,23H,4-6,13-19H2,1-3H3,(H,28,35)/t23-/m1/s1. The number of ether oxygens (including phenoxy) is 2. The number of amides is 3. The first-order chi connectivity index (χ1) is 17.9. The van der Waals surface area contributed by atoms with E-state index in [1.165, 1.54) is 0 Å². The summed E-state index contributed by atoms with van der Waals surface area (Å²) in [5.74, 6) is 1.55. The predicted molar refractivity (Wildman–Crippen MR) is 142 cm³/mol. The molecule has 2 aliphatic heterocycles. The minimum absolute atomic E-state index is 0.00133. The number of methoxy groups -OCH3 is 1. The third-order valence-electron chi connectivity index (χ3n) is 6.68. The fraction of sp³-hybridized carbons (Fsp3) is 0.556. The van der Waals surface area contributed by atoms with Gasteiger partial charge in [-0.15, -0.1) is 10.2 Å². The van der Waals surface area contributed by atoms with Crippen molar-refractivity contribution in [3.8, 4) is 17.0 Å². The van der Waals surface area contributed by atoms with E-state index in [1.807, 2.05) is 55.1 Å². The topological polar surface area (TPSA) is 100 Å². The van der Waals surface area contributed by atoms with Crippen LogP contribution >= 0.6 is 0 Å². The van der Waals surface area contributed by atoms with Crippen LogP contribution in [0.5, 0.6) is 5.75 Å². The van der Waals surface area contributed by atoms with Gasteiger partial charge in [0.25, 0.3) is 0 Å². The van der Waals surface area contributed by atoms with E-state index in [2.05, 4.69) is 20.4 Å². The molecule has 10 nitrogen and oxygen atoms in total. The fourth-order valence-electron chi connectivity index (χ4n) is 4.66. The molecular weight excluding hydrogens is 472 g/mol. The number of carbonyl (C=O) groups excluding carboxylic acids is 2. The first-order valence-electron chi connectivity index (χ1n) is 13.1. The maximum absolute atomic E-state index is 13.2. The Morgan fingerprint density at radius 1 is 1.08 bits per heavy atom.